The number of amides is 1. The molecule has 1 saturated heterocycles. The number of hydrogen-bond acceptors (Lipinski definition) is 5. The van der Waals surface area contributed by atoms with Crippen LogP contribution in [0.2, 0.25) is 0 Å². The zero-order valence-corrected chi connectivity index (χ0v) is 15.3. The van der Waals surface area contributed by atoms with Crippen LogP contribution in [0, 0.1) is 5.82 Å². The summed E-state index contributed by atoms with van der Waals surface area (Å²) < 4.78 is 13.1. The third kappa shape index (κ3) is 3.83. The molecule has 0 aliphatic carbocycles. The van der Waals surface area contributed by atoms with Crippen molar-refractivity contribution in [3.05, 3.63) is 72.1 Å². The van der Waals surface area contributed by atoms with E-state index in [1.165, 1.54) is 12.1 Å². The summed E-state index contributed by atoms with van der Waals surface area (Å²) in [5.41, 5.74) is 8.93. The van der Waals surface area contributed by atoms with E-state index in [9.17, 15) is 9.18 Å². The summed E-state index contributed by atoms with van der Waals surface area (Å²) >= 11 is 0. The minimum Gasteiger partial charge on any atom is -0.368 e. The number of nitrogens with zero attached hydrogens (tertiary/aromatic N) is 4. The molecule has 0 bridgehead atoms. The highest BCUT2D eigenvalue weighted by Crippen LogP contribution is 2.32. The first-order valence-corrected chi connectivity index (χ1v) is 9.18. The highest BCUT2D eigenvalue weighted by atomic mass is 19.1. The van der Waals surface area contributed by atoms with Crippen molar-refractivity contribution in [3.8, 4) is 11.1 Å². The Kier molecular flexibility index (Phi) is 4.97. The van der Waals surface area contributed by atoms with E-state index in [-0.39, 0.29) is 30.1 Å². The van der Waals surface area contributed by atoms with Crippen molar-refractivity contribution in [1.82, 2.24) is 19.9 Å². The van der Waals surface area contributed by atoms with Gasteiger partial charge >= 0.3 is 0 Å². The lowest BCUT2D eigenvalue weighted by molar-refractivity contribution is -0.131. The summed E-state index contributed by atoms with van der Waals surface area (Å²) in [5, 5.41) is 0. The van der Waals surface area contributed by atoms with Crippen LogP contribution < -0.4 is 5.73 Å². The van der Waals surface area contributed by atoms with E-state index in [0.29, 0.717) is 6.54 Å². The molecule has 1 amide bonds. The first kappa shape index (κ1) is 18.0. The molecule has 3 aromatic rings. The molecule has 3 heterocycles. The average Bonchev–Trinajstić information content (AvgIpc) is 3.20. The molecule has 0 spiro atoms. The Morgan fingerprint density at radius 1 is 1.04 bits per heavy atom. The number of hydrogen-bond donors (Lipinski definition) is 1. The van der Waals surface area contributed by atoms with E-state index >= 15 is 0 Å². The third-order valence-corrected chi connectivity index (χ3v) is 4.97. The Labute approximate surface area is 162 Å². The molecule has 6 nitrogen and oxygen atoms in total. The van der Waals surface area contributed by atoms with Crippen molar-refractivity contribution in [3.63, 3.8) is 0 Å². The molecule has 0 radical (unpaired) electrons. The number of aromatic nitrogens is 3. The van der Waals surface area contributed by atoms with Crippen LogP contribution in [0.4, 0.5) is 10.3 Å². The molecule has 142 valence electrons. The van der Waals surface area contributed by atoms with Gasteiger partial charge in [0.2, 0.25) is 11.9 Å². The molecule has 1 aliphatic rings. The fourth-order valence-corrected chi connectivity index (χ4v) is 3.51. The number of carbonyl (C=O) groups is 1. The Morgan fingerprint density at radius 2 is 1.75 bits per heavy atom. The maximum Gasteiger partial charge on any atom is 0.227 e. The number of carbonyl (C=O) groups excluding carboxylic acids is 1. The van der Waals surface area contributed by atoms with Crippen molar-refractivity contribution in [1.29, 1.82) is 0 Å². The van der Waals surface area contributed by atoms with E-state index in [4.69, 9.17) is 5.73 Å². The first-order valence-electron chi connectivity index (χ1n) is 9.18. The molecule has 1 aromatic carbocycles. The monoisotopic (exact) mass is 377 g/mol. The Hall–Kier alpha value is -3.35. The van der Waals surface area contributed by atoms with Crippen LogP contribution in [-0.4, -0.2) is 32.3 Å². The fourth-order valence-electron chi connectivity index (χ4n) is 3.51. The lowest BCUT2D eigenvalue weighted by atomic mass is 10.1. The number of anilines is 1. The molecular weight excluding hydrogens is 357 g/mol. The molecular formula is C21H20FN5O. The molecule has 2 N–H and O–H groups in total. The van der Waals surface area contributed by atoms with E-state index in [0.717, 1.165) is 35.2 Å². The highest BCUT2D eigenvalue weighted by molar-refractivity contribution is 5.79. The van der Waals surface area contributed by atoms with Gasteiger partial charge in [-0.1, -0.05) is 18.2 Å². The summed E-state index contributed by atoms with van der Waals surface area (Å²) in [5.74, 6) is -0.0347. The predicted molar refractivity (Wildman–Crippen MR) is 103 cm³/mol. The number of nitrogen functional groups attached to an aromatic ring is 1. The zero-order chi connectivity index (χ0) is 19.5. The number of nitrogens with two attached hydrogens (primary N) is 1. The molecule has 7 heteroatoms. The summed E-state index contributed by atoms with van der Waals surface area (Å²) in [4.78, 5) is 27.2. The van der Waals surface area contributed by atoms with Crippen LogP contribution in [0.25, 0.3) is 11.1 Å². The molecule has 1 aliphatic heterocycles. The minimum absolute atomic E-state index is 0.0342. The van der Waals surface area contributed by atoms with E-state index in [1.807, 2.05) is 17.0 Å². The van der Waals surface area contributed by atoms with Crippen LogP contribution in [0.1, 0.15) is 30.1 Å². The van der Waals surface area contributed by atoms with Crippen LogP contribution >= 0.6 is 0 Å². The predicted octanol–water partition coefficient (Wildman–Crippen LogP) is 3.17. The van der Waals surface area contributed by atoms with Gasteiger partial charge < -0.3 is 10.6 Å². The SMILES string of the molecule is Nc1ncc(-c2ccc(C3CCCN3C(=O)Cc3ccc(F)cc3)nc2)cn1. The smallest absolute Gasteiger partial charge is 0.227 e. The van der Waals surface area contributed by atoms with Crippen molar-refractivity contribution in [2.75, 3.05) is 12.3 Å². The molecule has 1 unspecified atom stereocenters. The van der Waals surface area contributed by atoms with Gasteiger partial charge in [0.1, 0.15) is 5.82 Å². The van der Waals surface area contributed by atoms with Gasteiger partial charge in [-0.25, -0.2) is 14.4 Å². The topological polar surface area (TPSA) is 85.0 Å². The summed E-state index contributed by atoms with van der Waals surface area (Å²) in [7, 11) is 0. The van der Waals surface area contributed by atoms with Gasteiger partial charge in [-0.05, 0) is 36.6 Å². The molecule has 0 saturated carbocycles. The maximum atomic E-state index is 13.1. The second-order valence-electron chi connectivity index (χ2n) is 6.85. The summed E-state index contributed by atoms with van der Waals surface area (Å²) in [6.45, 7) is 0.708. The number of pyridine rings is 1. The standard InChI is InChI=1S/C21H20FN5O/c22-17-6-3-14(4-7-17)10-20(28)27-9-1-2-19(27)18-8-5-15(11-24-18)16-12-25-21(23)26-13-16/h3-8,11-13,19H,1-2,9-10H2,(H2,23,25,26). The lowest BCUT2D eigenvalue weighted by Crippen LogP contribution is -2.32. The number of halogens is 1. The van der Waals surface area contributed by atoms with Crippen LogP contribution in [0.15, 0.2) is 55.0 Å². The van der Waals surface area contributed by atoms with E-state index < -0.39 is 0 Å². The van der Waals surface area contributed by atoms with Crippen LogP contribution in [0.3, 0.4) is 0 Å². The highest BCUT2D eigenvalue weighted by Gasteiger charge is 2.30. The third-order valence-electron chi connectivity index (χ3n) is 4.97. The minimum atomic E-state index is -0.300. The Morgan fingerprint density at radius 3 is 2.43 bits per heavy atom. The van der Waals surface area contributed by atoms with Crippen molar-refractivity contribution >= 4 is 11.9 Å². The summed E-state index contributed by atoms with van der Waals surface area (Å²) in [6, 6.07) is 9.93. The summed E-state index contributed by atoms with van der Waals surface area (Å²) in [6.07, 6.45) is 7.17. The number of rotatable bonds is 4. The van der Waals surface area contributed by atoms with Crippen molar-refractivity contribution in [2.24, 2.45) is 0 Å². The van der Waals surface area contributed by atoms with Crippen molar-refractivity contribution in [2.45, 2.75) is 25.3 Å². The van der Waals surface area contributed by atoms with E-state index in [2.05, 4.69) is 15.0 Å². The average molecular weight is 377 g/mol. The molecule has 4 rings (SSSR count). The molecule has 28 heavy (non-hydrogen) atoms. The molecule has 2 aromatic heterocycles. The van der Waals surface area contributed by atoms with Gasteiger partial charge in [-0.2, -0.15) is 0 Å². The second kappa shape index (κ2) is 7.72. The Bertz CT molecular complexity index is 958. The second-order valence-corrected chi connectivity index (χ2v) is 6.85. The number of benzene rings is 1. The van der Waals surface area contributed by atoms with Crippen LogP contribution in [-0.2, 0) is 11.2 Å². The van der Waals surface area contributed by atoms with Gasteiger partial charge in [0.25, 0.3) is 0 Å². The van der Waals surface area contributed by atoms with Gasteiger partial charge in [0.15, 0.2) is 0 Å². The van der Waals surface area contributed by atoms with E-state index in [1.54, 1.807) is 30.7 Å². The first-order chi connectivity index (χ1) is 13.6. The van der Waals surface area contributed by atoms with Gasteiger partial charge in [-0.3, -0.25) is 9.78 Å². The molecule has 1 fully saturated rings. The fraction of sp³-hybridized carbons (Fsp3) is 0.238. The largest absolute Gasteiger partial charge is 0.368 e. The normalized spacial score (nSPS) is 16.3. The maximum absolute atomic E-state index is 13.1. The van der Waals surface area contributed by atoms with Gasteiger partial charge in [-0.15, -0.1) is 0 Å². The van der Waals surface area contributed by atoms with Crippen LogP contribution in [0.5, 0.6) is 0 Å². The van der Waals surface area contributed by atoms with Gasteiger partial charge in [0, 0.05) is 36.3 Å². The number of likely N-dealkylation sites (tertiary alicyclic amines) is 1. The molecule has 1 atom stereocenters. The quantitative estimate of drug-likeness (QED) is 0.755. The zero-order valence-electron chi connectivity index (χ0n) is 15.3. The Balaban J connectivity index is 1.49. The van der Waals surface area contributed by atoms with Gasteiger partial charge in [0.05, 0.1) is 18.2 Å². The van der Waals surface area contributed by atoms with Crippen molar-refractivity contribution < 1.29 is 9.18 Å². The lowest BCUT2D eigenvalue weighted by Gasteiger charge is -2.24.